The minimum absolute atomic E-state index is 0.277. The van der Waals surface area contributed by atoms with Gasteiger partial charge in [0.05, 0.1) is 12.4 Å². The Labute approximate surface area is 244 Å². The van der Waals surface area contributed by atoms with Gasteiger partial charge in [-0.15, -0.1) is 24.6 Å². The predicted octanol–water partition coefficient (Wildman–Crippen LogP) is 8.97. The van der Waals surface area contributed by atoms with Gasteiger partial charge in [-0.05, 0) is 86.3 Å². The zero-order chi connectivity index (χ0) is 28.9. The third kappa shape index (κ3) is 13.9. The van der Waals surface area contributed by atoms with Crippen molar-refractivity contribution in [2.45, 2.75) is 95.8 Å². The molecule has 0 atom stereocenters. The maximum Gasteiger partial charge on any atom is 0.119 e. The lowest BCUT2D eigenvalue weighted by Gasteiger charge is -2.32. The lowest BCUT2D eigenvalue weighted by atomic mass is 9.75. The molecular formula is C34H53N3OS. The summed E-state index contributed by atoms with van der Waals surface area (Å²) in [5.41, 5.74) is 8.74. The summed E-state index contributed by atoms with van der Waals surface area (Å²) in [4.78, 5) is 3.75. The molecule has 0 radical (unpaired) electrons. The first-order valence-corrected chi connectivity index (χ1v) is 15.6. The fraction of sp³-hybridized carbons (Fsp3) is 0.559. The van der Waals surface area contributed by atoms with Gasteiger partial charge in [0.25, 0.3) is 0 Å². The summed E-state index contributed by atoms with van der Waals surface area (Å²) in [6.07, 6.45) is 22.7. The Morgan fingerprint density at radius 1 is 0.974 bits per heavy atom. The molecule has 0 bridgehead atoms. The number of amidine groups is 1. The van der Waals surface area contributed by atoms with Crippen molar-refractivity contribution in [2.24, 2.45) is 11.1 Å². The molecule has 0 aliphatic carbocycles. The predicted molar refractivity (Wildman–Crippen MR) is 174 cm³/mol. The van der Waals surface area contributed by atoms with Crippen LogP contribution in [0.2, 0.25) is 0 Å². The van der Waals surface area contributed by atoms with Crippen molar-refractivity contribution >= 4 is 23.3 Å². The molecule has 4 nitrogen and oxygen atoms in total. The number of para-hydroxylation sites is 1. The number of nitrogens with zero attached hydrogens (tertiary/aromatic N) is 1. The number of thioether (sulfide) groups is 1. The van der Waals surface area contributed by atoms with Gasteiger partial charge in [-0.2, -0.15) is 0 Å². The number of aryl methyl sites for hydroxylation is 1. The SMILES string of the molecule is C#C.CCCCC1(CCCC)CCc2cc(N(C)C)ccc2SC1.N=C(N)CCCCCOc1ccccc1. The first-order valence-electron chi connectivity index (χ1n) is 14.7. The monoisotopic (exact) mass is 551 g/mol. The minimum atomic E-state index is 0.277. The van der Waals surface area contributed by atoms with E-state index < -0.39 is 0 Å². The average molecular weight is 552 g/mol. The second kappa shape index (κ2) is 20.3. The first-order chi connectivity index (χ1) is 18.9. The molecule has 1 heterocycles. The molecule has 39 heavy (non-hydrogen) atoms. The van der Waals surface area contributed by atoms with Crippen LogP contribution in [0.3, 0.4) is 0 Å². The summed E-state index contributed by atoms with van der Waals surface area (Å²) in [5.74, 6) is 2.52. The molecule has 1 aliphatic heterocycles. The van der Waals surface area contributed by atoms with Gasteiger partial charge in [-0.3, -0.25) is 5.41 Å². The molecule has 3 rings (SSSR count). The summed E-state index contributed by atoms with van der Waals surface area (Å²) in [5, 5.41) is 7.06. The van der Waals surface area contributed by atoms with Crippen LogP contribution in [-0.2, 0) is 6.42 Å². The highest BCUT2D eigenvalue weighted by Crippen LogP contribution is 2.45. The lowest BCUT2D eigenvalue weighted by Crippen LogP contribution is -2.24. The molecule has 2 aromatic rings. The van der Waals surface area contributed by atoms with E-state index >= 15 is 0 Å². The van der Waals surface area contributed by atoms with Gasteiger partial charge in [0.2, 0.25) is 0 Å². The van der Waals surface area contributed by atoms with Crippen LogP contribution < -0.4 is 15.4 Å². The molecular weight excluding hydrogens is 498 g/mol. The molecule has 0 saturated carbocycles. The Morgan fingerprint density at radius 2 is 1.64 bits per heavy atom. The zero-order valence-corrected chi connectivity index (χ0v) is 25.8. The summed E-state index contributed by atoms with van der Waals surface area (Å²) in [6, 6.07) is 16.8. The Balaban J connectivity index is 0.000000391. The van der Waals surface area contributed by atoms with Gasteiger partial charge >= 0.3 is 0 Å². The normalized spacial score (nSPS) is 13.4. The van der Waals surface area contributed by atoms with E-state index in [2.05, 4.69) is 75.7 Å². The number of terminal acetylenes is 1. The van der Waals surface area contributed by atoms with Crippen LogP contribution in [0.1, 0.15) is 90.0 Å². The number of nitrogens with two attached hydrogens (primary N) is 1. The average Bonchev–Trinajstić information content (AvgIpc) is 3.14. The maximum absolute atomic E-state index is 7.06. The van der Waals surface area contributed by atoms with Crippen molar-refractivity contribution in [1.29, 1.82) is 5.41 Å². The van der Waals surface area contributed by atoms with Crippen LogP contribution in [0.5, 0.6) is 5.75 Å². The highest BCUT2D eigenvalue weighted by Gasteiger charge is 2.31. The zero-order valence-electron chi connectivity index (χ0n) is 25.0. The van der Waals surface area contributed by atoms with E-state index in [1.165, 1.54) is 67.7 Å². The highest BCUT2D eigenvalue weighted by molar-refractivity contribution is 7.99. The highest BCUT2D eigenvalue weighted by atomic mass is 32.2. The van der Waals surface area contributed by atoms with Gasteiger partial charge in [0, 0.05) is 36.9 Å². The summed E-state index contributed by atoms with van der Waals surface area (Å²) in [6.45, 7) is 5.40. The molecule has 0 amide bonds. The number of anilines is 1. The van der Waals surface area contributed by atoms with Gasteiger partial charge in [0.1, 0.15) is 5.75 Å². The fourth-order valence-corrected chi connectivity index (χ4v) is 6.21. The molecule has 0 spiro atoms. The molecule has 0 unspecified atom stereocenters. The van der Waals surface area contributed by atoms with Crippen molar-refractivity contribution in [3.63, 3.8) is 0 Å². The van der Waals surface area contributed by atoms with Crippen molar-refractivity contribution in [1.82, 2.24) is 0 Å². The molecule has 216 valence electrons. The molecule has 0 saturated heterocycles. The van der Waals surface area contributed by atoms with Gasteiger partial charge in [-0.1, -0.05) is 57.7 Å². The first kappa shape index (κ1) is 34.4. The quantitative estimate of drug-likeness (QED) is 0.106. The second-order valence-corrected chi connectivity index (χ2v) is 11.7. The summed E-state index contributed by atoms with van der Waals surface area (Å²) < 4.78 is 5.53. The van der Waals surface area contributed by atoms with Gasteiger partial charge in [0.15, 0.2) is 0 Å². The molecule has 5 heteroatoms. The Hall–Kier alpha value is -2.58. The van der Waals surface area contributed by atoms with E-state index in [1.54, 1.807) is 5.56 Å². The van der Waals surface area contributed by atoms with Crippen LogP contribution >= 0.6 is 11.8 Å². The number of rotatable bonds is 14. The number of benzene rings is 2. The summed E-state index contributed by atoms with van der Waals surface area (Å²) >= 11 is 2.12. The van der Waals surface area contributed by atoms with Crippen LogP contribution in [0.25, 0.3) is 0 Å². The van der Waals surface area contributed by atoms with Gasteiger partial charge < -0.3 is 15.4 Å². The summed E-state index contributed by atoms with van der Waals surface area (Å²) in [7, 11) is 4.27. The van der Waals surface area contributed by atoms with Crippen LogP contribution in [0, 0.1) is 23.7 Å². The fourth-order valence-electron chi connectivity index (χ4n) is 4.81. The number of hydrogen-bond acceptors (Lipinski definition) is 4. The third-order valence-electron chi connectivity index (χ3n) is 7.24. The number of unbranched alkanes of at least 4 members (excludes halogenated alkanes) is 4. The van der Waals surface area contributed by atoms with Crippen molar-refractivity contribution in [2.75, 3.05) is 31.4 Å². The Morgan fingerprint density at radius 3 is 2.23 bits per heavy atom. The number of fused-ring (bicyclic) bond motifs is 1. The van der Waals surface area contributed by atoms with E-state index in [1.807, 2.05) is 30.3 Å². The van der Waals surface area contributed by atoms with E-state index in [4.69, 9.17) is 15.9 Å². The number of nitrogens with one attached hydrogen (secondary N) is 1. The van der Waals surface area contributed by atoms with Crippen molar-refractivity contribution in [3.8, 4) is 18.6 Å². The minimum Gasteiger partial charge on any atom is -0.494 e. The van der Waals surface area contributed by atoms with Gasteiger partial charge in [-0.25, -0.2) is 0 Å². The molecule has 0 aromatic heterocycles. The van der Waals surface area contributed by atoms with E-state index in [0.29, 0.717) is 11.8 Å². The van der Waals surface area contributed by atoms with Crippen LogP contribution in [0.4, 0.5) is 5.69 Å². The van der Waals surface area contributed by atoms with Crippen molar-refractivity contribution in [3.05, 3.63) is 54.1 Å². The van der Waals surface area contributed by atoms with E-state index in [-0.39, 0.29) is 5.84 Å². The number of hydrogen-bond donors (Lipinski definition) is 2. The topological polar surface area (TPSA) is 62.3 Å². The Bertz CT molecular complexity index is 934. The molecule has 1 aliphatic rings. The largest absolute Gasteiger partial charge is 0.494 e. The molecule has 0 fully saturated rings. The second-order valence-electron chi connectivity index (χ2n) is 10.7. The standard InChI is InChI=1S/C20H33NS.C12H18N2O.C2H2/c1-5-7-12-20(13-8-6-2)14-11-17-15-18(21(3)4)9-10-19(17)22-16-20;13-12(14)9-5-2-6-10-15-11-7-3-1-4-8-11;1-2/h9-10,15H,5-8,11-14,16H2,1-4H3;1,3-4,7-8H,2,5-6,9-10H2,(H3,13,14);1-2H. The lowest BCUT2D eigenvalue weighted by molar-refractivity contribution is 0.244. The molecule has 3 N–H and O–H groups in total. The smallest absolute Gasteiger partial charge is 0.119 e. The van der Waals surface area contributed by atoms with Crippen LogP contribution in [0.15, 0.2) is 53.4 Å². The molecule has 2 aromatic carbocycles. The van der Waals surface area contributed by atoms with E-state index in [0.717, 1.165) is 31.6 Å². The Kier molecular flexibility index (Phi) is 18.0. The third-order valence-corrected chi connectivity index (χ3v) is 8.71. The van der Waals surface area contributed by atoms with Crippen molar-refractivity contribution < 1.29 is 4.74 Å². The maximum atomic E-state index is 7.06. The van der Waals surface area contributed by atoms with E-state index in [9.17, 15) is 0 Å². The number of ether oxygens (including phenoxy) is 1. The van der Waals surface area contributed by atoms with Crippen LogP contribution in [-0.4, -0.2) is 32.3 Å².